The predicted molar refractivity (Wildman–Crippen MR) is 49.6 cm³/mol. The smallest absolute Gasteiger partial charge is 0.214 e. The van der Waals surface area contributed by atoms with Crippen LogP contribution < -0.4 is 4.74 Å². The lowest BCUT2D eigenvalue weighted by Crippen LogP contribution is -1.99. The molecular formula is C9H10FNOS. The highest BCUT2D eigenvalue weighted by Crippen LogP contribution is 2.32. The van der Waals surface area contributed by atoms with Crippen LogP contribution in [0.5, 0.6) is 5.75 Å². The van der Waals surface area contributed by atoms with Crippen LogP contribution in [0.15, 0.2) is 17.2 Å². The second kappa shape index (κ2) is 3.54. The van der Waals surface area contributed by atoms with Gasteiger partial charge in [0.1, 0.15) is 5.03 Å². The summed E-state index contributed by atoms with van der Waals surface area (Å²) in [5.74, 6) is 0.254. The second-order valence-electron chi connectivity index (χ2n) is 2.96. The molecule has 0 spiro atoms. The van der Waals surface area contributed by atoms with Gasteiger partial charge in [-0.15, -0.1) is 11.8 Å². The van der Waals surface area contributed by atoms with Crippen molar-refractivity contribution in [2.75, 3.05) is 6.26 Å². The molecule has 1 aromatic heterocycles. The molecule has 0 aromatic carbocycles. The van der Waals surface area contributed by atoms with Crippen molar-refractivity contribution in [2.24, 2.45) is 0 Å². The molecule has 0 bridgehead atoms. The summed E-state index contributed by atoms with van der Waals surface area (Å²) in [6, 6.07) is 2.98. The summed E-state index contributed by atoms with van der Waals surface area (Å²) in [7, 11) is 0. The first-order valence-corrected chi connectivity index (χ1v) is 5.39. The second-order valence-corrected chi connectivity index (χ2v) is 3.75. The molecule has 4 heteroatoms. The fourth-order valence-corrected chi connectivity index (χ4v) is 1.50. The van der Waals surface area contributed by atoms with Gasteiger partial charge in [0.25, 0.3) is 0 Å². The number of halogens is 1. The first-order chi connectivity index (χ1) is 6.29. The van der Waals surface area contributed by atoms with E-state index < -0.39 is 5.95 Å². The van der Waals surface area contributed by atoms with Gasteiger partial charge in [-0.2, -0.15) is 4.39 Å². The average Bonchev–Trinajstić information content (AvgIpc) is 2.92. The van der Waals surface area contributed by atoms with Crippen LogP contribution in [0, 0.1) is 5.95 Å². The Kier molecular flexibility index (Phi) is 2.40. The van der Waals surface area contributed by atoms with Gasteiger partial charge < -0.3 is 4.74 Å². The maximum absolute atomic E-state index is 12.7. The molecule has 0 aliphatic heterocycles. The van der Waals surface area contributed by atoms with Crippen LogP contribution in [0.25, 0.3) is 0 Å². The van der Waals surface area contributed by atoms with Crippen molar-refractivity contribution < 1.29 is 9.13 Å². The van der Waals surface area contributed by atoms with Gasteiger partial charge in [0.2, 0.25) is 5.95 Å². The molecule has 0 amide bonds. The third kappa shape index (κ3) is 2.12. The summed E-state index contributed by atoms with van der Waals surface area (Å²) in [4.78, 5) is 3.74. The number of hydrogen-bond acceptors (Lipinski definition) is 3. The van der Waals surface area contributed by atoms with Gasteiger partial charge in [0.15, 0.2) is 5.75 Å². The SMILES string of the molecule is CSc1nc(F)ccc1OC1CC1. The van der Waals surface area contributed by atoms with Crippen LogP contribution in [0.2, 0.25) is 0 Å². The zero-order valence-electron chi connectivity index (χ0n) is 7.29. The zero-order valence-corrected chi connectivity index (χ0v) is 8.10. The number of aromatic nitrogens is 1. The fourth-order valence-electron chi connectivity index (χ4n) is 1.01. The van der Waals surface area contributed by atoms with E-state index in [9.17, 15) is 4.39 Å². The Morgan fingerprint density at radius 1 is 1.54 bits per heavy atom. The number of thioether (sulfide) groups is 1. The van der Waals surface area contributed by atoms with E-state index in [-0.39, 0.29) is 0 Å². The molecule has 2 nitrogen and oxygen atoms in total. The molecule has 1 aliphatic rings. The van der Waals surface area contributed by atoms with Gasteiger partial charge in [-0.3, -0.25) is 0 Å². The summed E-state index contributed by atoms with van der Waals surface area (Å²) in [5.41, 5.74) is 0. The van der Waals surface area contributed by atoms with Crippen molar-refractivity contribution >= 4 is 11.8 Å². The van der Waals surface area contributed by atoms with Gasteiger partial charge in [-0.25, -0.2) is 4.98 Å². The number of ether oxygens (including phenoxy) is 1. The minimum atomic E-state index is -0.451. The maximum Gasteiger partial charge on any atom is 0.214 e. The molecule has 0 unspecified atom stereocenters. The van der Waals surface area contributed by atoms with Crippen LogP contribution in [-0.4, -0.2) is 17.3 Å². The molecule has 1 saturated carbocycles. The van der Waals surface area contributed by atoms with Crippen molar-refractivity contribution in [3.8, 4) is 5.75 Å². The van der Waals surface area contributed by atoms with Crippen LogP contribution in [-0.2, 0) is 0 Å². The maximum atomic E-state index is 12.7. The largest absolute Gasteiger partial charge is 0.488 e. The van der Waals surface area contributed by atoms with E-state index in [2.05, 4.69) is 4.98 Å². The highest BCUT2D eigenvalue weighted by Gasteiger charge is 2.24. The average molecular weight is 199 g/mol. The van der Waals surface area contributed by atoms with E-state index >= 15 is 0 Å². The number of rotatable bonds is 3. The Bertz CT molecular complexity index is 314. The summed E-state index contributed by atoms with van der Waals surface area (Å²) in [6.07, 6.45) is 4.40. The molecule has 70 valence electrons. The molecule has 1 aromatic rings. The first-order valence-electron chi connectivity index (χ1n) is 4.17. The van der Waals surface area contributed by atoms with E-state index in [0.717, 1.165) is 12.8 Å². The normalized spacial score (nSPS) is 15.8. The van der Waals surface area contributed by atoms with E-state index in [1.54, 1.807) is 6.07 Å². The van der Waals surface area contributed by atoms with Crippen molar-refractivity contribution in [3.05, 3.63) is 18.1 Å². The third-order valence-corrected chi connectivity index (χ3v) is 2.48. The molecular weight excluding hydrogens is 189 g/mol. The van der Waals surface area contributed by atoms with Gasteiger partial charge in [0.05, 0.1) is 6.10 Å². The molecule has 1 fully saturated rings. The monoisotopic (exact) mass is 199 g/mol. The number of pyridine rings is 1. The van der Waals surface area contributed by atoms with Crippen LogP contribution in [0.3, 0.4) is 0 Å². The van der Waals surface area contributed by atoms with Gasteiger partial charge >= 0.3 is 0 Å². The van der Waals surface area contributed by atoms with Crippen molar-refractivity contribution in [2.45, 2.75) is 24.0 Å². The van der Waals surface area contributed by atoms with Gasteiger partial charge in [-0.1, -0.05) is 0 Å². The van der Waals surface area contributed by atoms with Crippen LogP contribution in [0.4, 0.5) is 4.39 Å². The van der Waals surface area contributed by atoms with E-state index in [0.29, 0.717) is 16.9 Å². The molecule has 2 rings (SSSR count). The van der Waals surface area contributed by atoms with Crippen molar-refractivity contribution in [1.29, 1.82) is 0 Å². The first kappa shape index (κ1) is 8.81. The van der Waals surface area contributed by atoms with Gasteiger partial charge in [-0.05, 0) is 31.2 Å². The Hall–Kier alpha value is -0.770. The molecule has 0 atom stereocenters. The van der Waals surface area contributed by atoms with E-state index in [1.165, 1.54) is 17.8 Å². The standard InChI is InChI=1S/C9H10FNOS/c1-13-9-7(12-6-2-3-6)4-5-8(10)11-9/h4-6H,2-3H2,1H3. The van der Waals surface area contributed by atoms with Crippen molar-refractivity contribution in [3.63, 3.8) is 0 Å². The lowest BCUT2D eigenvalue weighted by molar-refractivity contribution is 0.292. The summed E-state index contributed by atoms with van der Waals surface area (Å²) in [6.45, 7) is 0. The molecule has 13 heavy (non-hydrogen) atoms. The lowest BCUT2D eigenvalue weighted by Gasteiger charge is -2.07. The van der Waals surface area contributed by atoms with E-state index in [1.807, 2.05) is 6.26 Å². The van der Waals surface area contributed by atoms with Crippen LogP contribution >= 0.6 is 11.8 Å². The molecule has 0 saturated heterocycles. The Labute approximate surface area is 80.5 Å². The van der Waals surface area contributed by atoms with Crippen molar-refractivity contribution in [1.82, 2.24) is 4.98 Å². The number of nitrogens with zero attached hydrogens (tertiary/aromatic N) is 1. The summed E-state index contributed by atoms with van der Waals surface area (Å²) < 4.78 is 18.3. The van der Waals surface area contributed by atoms with Gasteiger partial charge in [0, 0.05) is 0 Å². The molecule has 1 heterocycles. The predicted octanol–water partition coefficient (Wildman–Crippen LogP) is 2.48. The Balaban J connectivity index is 2.21. The highest BCUT2D eigenvalue weighted by atomic mass is 32.2. The Morgan fingerprint density at radius 3 is 2.92 bits per heavy atom. The Morgan fingerprint density at radius 2 is 2.31 bits per heavy atom. The third-order valence-electron chi connectivity index (χ3n) is 1.80. The summed E-state index contributed by atoms with van der Waals surface area (Å²) in [5, 5.41) is 0.631. The topological polar surface area (TPSA) is 22.1 Å². The highest BCUT2D eigenvalue weighted by molar-refractivity contribution is 7.98. The quantitative estimate of drug-likeness (QED) is 0.551. The molecule has 1 aliphatic carbocycles. The minimum Gasteiger partial charge on any atom is -0.488 e. The lowest BCUT2D eigenvalue weighted by atomic mass is 10.4. The molecule has 0 N–H and O–H groups in total. The summed E-state index contributed by atoms with van der Waals surface area (Å²) >= 11 is 1.40. The molecule has 0 radical (unpaired) electrons. The zero-order chi connectivity index (χ0) is 9.26. The fraction of sp³-hybridized carbons (Fsp3) is 0.444. The number of hydrogen-bond donors (Lipinski definition) is 0. The van der Waals surface area contributed by atoms with E-state index in [4.69, 9.17) is 4.74 Å². The minimum absolute atomic E-state index is 0.332. The van der Waals surface area contributed by atoms with Crippen LogP contribution in [0.1, 0.15) is 12.8 Å².